The maximum Gasteiger partial charge on any atom is 0.335 e. The van der Waals surface area contributed by atoms with Crippen LogP contribution >= 0.6 is 0 Å². The third kappa shape index (κ3) is 4.41. The van der Waals surface area contributed by atoms with Crippen LogP contribution in [0.25, 0.3) is 0 Å². The lowest BCUT2D eigenvalue weighted by atomic mass is 9.99. The molecule has 2 aliphatic heterocycles. The van der Waals surface area contributed by atoms with Crippen molar-refractivity contribution in [2.24, 2.45) is 0 Å². The van der Waals surface area contributed by atoms with Gasteiger partial charge in [-0.15, -0.1) is 0 Å². The Kier molecular flexibility index (Phi) is 6.89. The fourth-order valence-electron chi connectivity index (χ4n) is 2.81. The molecule has 10 nitrogen and oxygen atoms in total. The average molecular weight is 352 g/mol. The first-order chi connectivity index (χ1) is 11.4. The Morgan fingerprint density at radius 1 is 1.12 bits per heavy atom. The van der Waals surface area contributed by atoms with Gasteiger partial charge in [-0.05, 0) is 6.92 Å². The van der Waals surface area contributed by atoms with E-state index in [4.69, 9.17) is 24.1 Å². The summed E-state index contributed by atoms with van der Waals surface area (Å²) in [6, 6.07) is 0. The lowest BCUT2D eigenvalue weighted by Gasteiger charge is -2.42. The molecular weight excluding hydrogens is 328 g/mol. The smallest absolute Gasteiger partial charge is 0.335 e. The lowest BCUT2D eigenvalue weighted by Crippen LogP contribution is -2.57. The van der Waals surface area contributed by atoms with Crippen LogP contribution in [0.15, 0.2) is 0 Å². The number of hydrogen-bond donors (Lipinski definition) is 5. The van der Waals surface area contributed by atoms with Crippen LogP contribution < -0.4 is 0 Å². The molecule has 5 N–H and O–H groups in total. The molecule has 2 heterocycles. The van der Waals surface area contributed by atoms with E-state index in [1.807, 2.05) is 0 Å². The van der Waals surface area contributed by atoms with Crippen LogP contribution in [0.4, 0.5) is 0 Å². The Hall–Kier alpha value is -0.850. The minimum absolute atomic E-state index is 0.0175. The molecule has 2 saturated heterocycles. The van der Waals surface area contributed by atoms with Crippen molar-refractivity contribution in [1.29, 1.82) is 0 Å². The molecule has 2 rings (SSSR count). The molecule has 0 radical (unpaired) electrons. The van der Waals surface area contributed by atoms with Crippen molar-refractivity contribution >= 4 is 5.97 Å². The largest absolute Gasteiger partial charge is 0.479 e. The summed E-state index contributed by atoms with van der Waals surface area (Å²) in [6.45, 7) is 1.46. The van der Waals surface area contributed by atoms with Crippen molar-refractivity contribution in [3.63, 3.8) is 0 Å². The van der Waals surface area contributed by atoms with Gasteiger partial charge in [0.05, 0.1) is 18.8 Å². The number of ether oxygens (including phenoxy) is 4. The fraction of sp³-hybridized carbons (Fsp3) is 0.929. The van der Waals surface area contributed by atoms with Crippen LogP contribution in [0, 0.1) is 0 Å². The number of carbonyl (C=O) groups is 1. The van der Waals surface area contributed by atoms with Crippen molar-refractivity contribution < 1.29 is 49.3 Å². The van der Waals surface area contributed by atoms with Crippen molar-refractivity contribution in [2.45, 2.75) is 69.0 Å². The molecule has 0 aliphatic carbocycles. The van der Waals surface area contributed by atoms with E-state index in [-0.39, 0.29) is 12.8 Å². The van der Waals surface area contributed by atoms with Crippen LogP contribution in [0.5, 0.6) is 0 Å². The third-order valence-electron chi connectivity index (χ3n) is 4.03. The van der Waals surface area contributed by atoms with Crippen LogP contribution in [-0.2, 0) is 23.7 Å². The van der Waals surface area contributed by atoms with Gasteiger partial charge in [-0.1, -0.05) is 0 Å². The molecule has 8 atom stereocenters. The van der Waals surface area contributed by atoms with Crippen LogP contribution in [-0.4, -0.2) is 93.9 Å². The minimum Gasteiger partial charge on any atom is -0.479 e. The summed E-state index contributed by atoms with van der Waals surface area (Å²) < 4.78 is 21.3. The Morgan fingerprint density at radius 2 is 1.79 bits per heavy atom. The number of hydrogen-bond acceptors (Lipinski definition) is 9. The molecule has 0 amide bonds. The number of aliphatic hydroxyl groups excluding tert-OH is 4. The molecule has 2 fully saturated rings. The van der Waals surface area contributed by atoms with Gasteiger partial charge in [0.25, 0.3) is 0 Å². The zero-order valence-electron chi connectivity index (χ0n) is 13.2. The minimum atomic E-state index is -1.48. The molecule has 140 valence electrons. The quantitative estimate of drug-likeness (QED) is 0.355. The Bertz CT molecular complexity index is 418. The maximum atomic E-state index is 11.4. The molecule has 0 aromatic rings. The van der Waals surface area contributed by atoms with Gasteiger partial charge in [-0.3, -0.25) is 0 Å². The average Bonchev–Trinajstić information content (AvgIpc) is 2.52. The van der Waals surface area contributed by atoms with Gasteiger partial charge in [-0.25, -0.2) is 4.79 Å². The summed E-state index contributed by atoms with van der Waals surface area (Å²) in [7, 11) is 0. The Morgan fingerprint density at radius 3 is 2.38 bits per heavy atom. The molecule has 2 aliphatic rings. The molecule has 4 unspecified atom stereocenters. The predicted molar refractivity (Wildman–Crippen MR) is 75.8 cm³/mol. The van der Waals surface area contributed by atoms with Crippen LogP contribution in [0.3, 0.4) is 0 Å². The van der Waals surface area contributed by atoms with Gasteiger partial charge in [0.15, 0.2) is 18.7 Å². The fourth-order valence-corrected chi connectivity index (χ4v) is 2.81. The molecule has 24 heavy (non-hydrogen) atoms. The second-order valence-corrected chi connectivity index (χ2v) is 5.76. The van der Waals surface area contributed by atoms with Crippen LogP contribution in [0.1, 0.15) is 19.8 Å². The number of carboxylic acid groups (broad SMARTS) is 1. The Balaban J connectivity index is 2.04. The summed E-state index contributed by atoms with van der Waals surface area (Å²) in [6.07, 6.45) is -9.55. The highest BCUT2D eigenvalue weighted by Crippen LogP contribution is 2.29. The summed E-state index contributed by atoms with van der Waals surface area (Å²) in [4.78, 5) is 11.4. The van der Waals surface area contributed by atoms with Gasteiger partial charge in [0.2, 0.25) is 0 Å². The summed E-state index contributed by atoms with van der Waals surface area (Å²) in [5, 5.41) is 48.1. The zero-order valence-corrected chi connectivity index (χ0v) is 13.2. The third-order valence-corrected chi connectivity index (χ3v) is 4.03. The van der Waals surface area contributed by atoms with Crippen molar-refractivity contribution in [3.8, 4) is 0 Å². The van der Waals surface area contributed by atoms with E-state index in [1.165, 1.54) is 0 Å². The number of carboxylic acids is 1. The highest BCUT2D eigenvalue weighted by Gasteiger charge is 2.46. The first-order valence-corrected chi connectivity index (χ1v) is 7.83. The first kappa shape index (κ1) is 19.5. The summed E-state index contributed by atoms with van der Waals surface area (Å²) in [5.74, 6) is -1.33. The number of aliphatic hydroxyl groups is 4. The molecule has 0 bridgehead atoms. The second kappa shape index (κ2) is 8.50. The molecule has 0 aromatic heterocycles. The zero-order chi connectivity index (χ0) is 17.9. The van der Waals surface area contributed by atoms with Gasteiger partial charge >= 0.3 is 5.97 Å². The van der Waals surface area contributed by atoms with E-state index < -0.39 is 61.8 Å². The number of rotatable bonds is 6. The second-order valence-electron chi connectivity index (χ2n) is 5.76. The van der Waals surface area contributed by atoms with Gasteiger partial charge in [0.1, 0.15) is 18.3 Å². The van der Waals surface area contributed by atoms with E-state index in [1.54, 1.807) is 6.92 Å². The molecule has 0 spiro atoms. The van der Waals surface area contributed by atoms with Crippen LogP contribution in [0.2, 0.25) is 0 Å². The van der Waals surface area contributed by atoms with Crippen molar-refractivity contribution in [3.05, 3.63) is 0 Å². The predicted octanol–water partition coefficient (Wildman–Crippen LogP) is -2.20. The normalized spacial score (nSPS) is 43.5. The highest BCUT2D eigenvalue weighted by atomic mass is 16.7. The van der Waals surface area contributed by atoms with E-state index in [2.05, 4.69) is 0 Å². The SMILES string of the molecule is CCOC1CC(O)[C@H](O[C@@H]2C[C@@H](O)[C@H](O)C(CO)O2)C(C(=O)O)O1. The standard InChI is InChI=1S/C14H24O10/c1-2-21-9-4-7(17)12(13(23-9)14(19)20)24-10-3-6(16)11(18)8(5-15)22-10/h6-13,15-18H,2-5H2,1H3,(H,19,20)/t6-,7?,8?,9?,10-,11+,12+,13?/m1/s1. The summed E-state index contributed by atoms with van der Waals surface area (Å²) in [5.41, 5.74) is 0. The monoisotopic (exact) mass is 352 g/mol. The van der Waals surface area contributed by atoms with E-state index in [9.17, 15) is 25.2 Å². The van der Waals surface area contributed by atoms with Gasteiger partial charge in [0, 0.05) is 19.4 Å². The first-order valence-electron chi connectivity index (χ1n) is 7.83. The lowest BCUT2D eigenvalue weighted by molar-refractivity contribution is -0.315. The number of aliphatic carboxylic acids is 1. The van der Waals surface area contributed by atoms with E-state index >= 15 is 0 Å². The molecule has 10 heteroatoms. The Labute approximate surface area is 138 Å². The van der Waals surface area contributed by atoms with Gasteiger partial charge < -0.3 is 44.5 Å². The molecular formula is C14H24O10. The molecule has 0 aromatic carbocycles. The van der Waals surface area contributed by atoms with E-state index in [0.717, 1.165) is 0 Å². The highest BCUT2D eigenvalue weighted by molar-refractivity contribution is 5.73. The molecule has 0 saturated carbocycles. The van der Waals surface area contributed by atoms with Crippen molar-refractivity contribution in [2.75, 3.05) is 13.2 Å². The van der Waals surface area contributed by atoms with E-state index in [0.29, 0.717) is 6.61 Å². The van der Waals surface area contributed by atoms with Crippen molar-refractivity contribution in [1.82, 2.24) is 0 Å². The maximum absolute atomic E-state index is 11.4. The summed E-state index contributed by atoms with van der Waals surface area (Å²) >= 11 is 0. The van der Waals surface area contributed by atoms with Gasteiger partial charge in [-0.2, -0.15) is 0 Å². The topological polar surface area (TPSA) is 155 Å².